The average Bonchev–Trinajstić information content (AvgIpc) is 2.36. The smallest absolute Gasteiger partial charge is 0.396 e. The van der Waals surface area contributed by atoms with Crippen molar-refractivity contribution in [3.63, 3.8) is 0 Å². The summed E-state index contributed by atoms with van der Waals surface area (Å²) in [6, 6.07) is 2.66. The minimum absolute atomic E-state index is 0.00323. The van der Waals surface area contributed by atoms with Gasteiger partial charge in [0.25, 0.3) is 0 Å². The Labute approximate surface area is 115 Å². The summed E-state index contributed by atoms with van der Waals surface area (Å²) in [5, 5.41) is 12.0. The van der Waals surface area contributed by atoms with Gasteiger partial charge in [0, 0.05) is 18.7 Å². The van der Waals surface area contributed by atoms with E-state index in [9.17, 15) is 17.6 Å². The molecule has 0 saturated carbocycles. The summed E-state index contributed by atoms with van der Waals surface area (Å²) in [5.74, 6) is -0.908. The minimum atomic E-state index is -4.58. The van der Waals surface area contributed by atoms with Gasteiger partial charge in [-0.05, 0) is 37.5 Å². The number of aliphatic hydroxyl groups is 1. The fourth-order valence-corrected chi connectivity index (χ4v) is 1.91. The second-order valence-electron chi connectivity index (χ2n) is 5.04. The van der Waals surface area contributed by atoms with Gasteiger partial charge in [-0.25, -0.2) is 4.39 Å². The second kappa shape index (κ2) is 6.54. The molecule has 0 aliphatic rings. The molecule has 0 amide bonds. The molecular formula is C14H19F4NO. The van der Waals surface area contributed by atoms with Crippen LogP contribution in [0.3, 0.4) is 0 Å². The molecule has 0 fully saturated rings. The molecule has 1 aromatic carbocycles. The Hall–Kier alpha value is -1.14. The van der Waals surface area contributed by atoms with Crippen molar-refractivity contribution in [3.8, 4) is 0 Å². The van der Waals surface area contributed by atoms with E-state index in [1.54, 1.807) is 0 Å². The molecule has 0 bridgehead atoms. The van der Waals surface area contributed by atoms with Crippen molar-refractivity contribution in [1.29, 1.82) is 0 Å². The first-order valence-corrected chi connectivity index (χ1v) is 6.43. The predicted octanol–water partition coefficient (Wildman–Crippen LogP) is 3.49. The third-order valence-corrected chi connectivity index (χ3v) is 3.53. The summed E-state index contributed by atoms with van der Waals surface area (Å²) in [7, 11) is 0. The molecule has 1 rings (SSSR count). The molecule has 114 valence electrons. The fraction of sp³-hybridized carbons (Fsp3) is 0.571. The SMILES string of the molecule is CCC(C)(CCO)NCc1ccc(F)cc1C(F)(F)F. The fourth-order valence-electron chi connectivity index (χ4n) is 1.91. The Morgan fingerprint density at radius 3 is 2.40 bits per heavy atom. The average molecular weight is 293 g/mol. The van der Waals surface area contributed by atoms with E-state index < -0.39 is 23.1 Å². The van der Waals surface area contributed by atoms with Gasteiger partial charge in [0.2, 0.25) is 0 Å². The lowest BCUT2D eigenvalue weighted by molar-refractivity contribution is -0.138. The first-order chi connectivity index (χ1) is 9.22. The second-order valence-corrected chi connectivity index (χ2v) is 5.04. The van der Waals surface area contributed by atoms with Crippen molar-refractivity contribution < 1.29 is 22.7 Å². The van der Waals surface area contributed by atoms with Gasteiger partial charge in [-0.2, -0.15) is 13.2 Å². The lowest BCUT2D eigenvalue weighted by Gasteiger charge is -2.29. The van der Waals surface area contributed by atoms with Gasteiger partial charge in [0.05, 0.1) is 5.56 Å². The van der Waals surface area contributed by atoms with Crippen molar-refractivity contribution >= 4 is 0 Å². The molecule has 2 N–H and O–H groups in total. The molecule has 0 heterocycles. The molecule has 0 spiro atoms. The lowest BCUT2D eigenvalue weighted by atomic mass is 9.94. The molecule has 0 aromatic heterocycles. The quantitative estimate of drug-likeness (QED) is 0.787. The Bertz CT molecular complexity index is 447. The summed E-state index contributed by atoms with van der Waals surface area (Å²) in [6.45, 7) is 3.64. The normalized spacial score (nSPS) is 15.2. The zero-order chi connectivity index (χ0) is 15.4. The van der Waals surface area contributed by atoms with Crippen molar-refractivity contribution in [2.45, 2.75) is 44.9 Å². The number of hydrogen-bond donors (Lipinski definition) is 2. The number of halogens is 4. The van der Waals surface area contributed by atoms with Crippen molar-refractivity contribution in [3.05, 3.63) is 35.1 Å². The van der Waals surface area contributed by atoms with Crippen LogP contribution < -0.4 is 5.32 Å². The van der Waals surface area contributed by atoms with Gasteiger partial charge in [0.1, 0.15) is 5.82 Å². The van der Waals surface area contributed by atoms with E-state index in [1.807, 2.05) is 13.8 Å². The van der Waals surface area contributed by atoms with Crippen LogP contribution in [-0.2, 0) is 12.7 Å². The lowest BCUT2D eigenvalue weighted by Crippen LogP contribution is -2.42. The number of benzene rings is 1. The molecule has 1 aromatic rings. The number of hydrogen-bond acceptors (Lipinski definition) is 2. The van der Waals surface area contributed by atoms with Crippen LogP contribution in [0, 0.1) is 5.82 Å². The van der Waals surface area contributed by atoms with Crippen LogP contribution in [0.15, 0.2) is 18.2 Å². The van der Waals surface area contributed by atoms with E-state index in [0.717, 1.165) is 12.1 Å². The van der Waals surface area contributed by atoms with Crippen LogP contribution in [-0.4, -0.2) is 17.3 Å². The van der Waals surface area contributed by atoms with Crippen LogP contribution in [0.5, 0.6) is 0 Å². The summed E-state index contributed by atoms with van der Waals surface area (Å²) >= 11 is 0. The maximum absolute atomic E-state index is 13.0. The van der Waals surface area contributed by atoms with E-state index in [0.29, 0.717) is 18.9 Å². The standard InChI is InChI=1S/C14H19F4NO/c1-3-13(2,6-7-20)19-9-10-4-5-11(15)8-12(10)14(16,17)18/h4-5,8,19-20H,3,6-7,9H2,1-2H3. The van der Waals surface area contributed by atoms with E-state index in [4.69, 9.17) is 5.11 Å². The van der Waals surface area contributed by atoms with Gasteiger partial charge < -0.3 is 10.4 Å². The van der Waals surface area contributed by atoms with Crippen molar-refractivity contribution in [2.75, 3.05) is 6.61 Å². The molecule has 0 saturated heterocycles. The first-order valence-electron chi connectivity index (χ1n) is 6.43. The largest absolute Gasteiger partial charge is 0.416 e. The van der Waals surface area contributed by atoms with Crippen LogP contribution in [0.4, 0.5) is 17.6 Å². The summed E-state index contributed by atoms with van der Waals surface area (Å²) < 4.78 is 51.5. The van der Waals surface area contributed by atoms with E-state index in [-0.39, 0.29) is 18.7 Å². The minimum Gasteiger partial charge on any atom is -0.396 e. The van der Waals surface area contributed by atoms with E-state index >= 15 is 0 Å². The van der Waals surface area contributed by atoms with Crippen LogP contribution >= 0.6 is 0 Å². The highest BCUT2D eigenvalue weighted by Crippen LogP contribution is 2.32. The number of nitrogens with one attached hydrogen (secondary N) is 1. The van der Waals surface area contributed by atoms with Crippen LogP contribution in [0.2, 0.25) is 0 Å². The molecule has 0 aliphatic carbocycles. The number of alkyl halides is 3. The zero-order valence-corrected chi connectivity index (χ0v) is 11.5. The number of rotatable bonds is 6. The highest BCUT2D eigenvalue weighted by molar-refractivity contribution is 5.30. The van der Waals surface area contributed by atoms with Gasteiger partial charge >= 0.3 is 6.18 Å². The molecule has 2 nitrogen and oxygen atoms in total. The van der Waals surface area contributed by atoms with E-state index in [2.05, 4.69) is 5.32 Å². The molecule has 0 radical (unpaired) electrons. The Balaban J connectivity index is 2.93. The summed E-state index contributed by atoms with van der Waals surface area (Å²) in [5.41, 5.74) is -1.42. The molecule has 1 atom stereocenters. The Morgan fingerprint density at radius 2 is 1.90 bits per heavy atom. The molecular weight excluding hydrogens is 274 g/mol. The van der Waals surface area contributed by atoms with Crippen LogP contribution in [0.25, 0.3) is 0 Å². The highest BCUT2D eigenvalue weighted by atomic mass is 19.4. The van der Waals surface area contributed by atoms with Gasteiger partial charge in [-0.1, -0.05) is 13.0 Å². The summed E-state index contributed by atoms with van der Waals surface area (Å²) in [4.78, 5) is 0. The molecule has 0 aliphatic heterocycles. The molecule has 1 unspecified atom stereocenters. The predicted molar refractivity (Wildman–Crippen MR) is 68.6 cm³/mol. The molecule has 20 heavy (non-hydrogen) atoms. The van der Waals surface area contributed by atoms with Crippen molar-refractivity contribution in [1.82, 2.24) is 5.32 Å². The van der Waals surface area contributed by atoms with Gasteiger partial charge in [-0.15, -0.1) is 0 Å². The van der Waals surface area contributed by atoms with E-state index in [1.165, 1.54) is 0 Å². The third kappa shape index (κ3) is 4.45. The highest BCUT2D eigenvalue weighted by Gasteiger charge is 2.34. The monoisotopic (exact) mass is 293 g/mol. The van der Waals surface area contributed by atoms with Crippen LogP contribution in [0.1, 0.15) is 37.8 Å². The molecule has 6 heteroatoms. The van der Waals surface area contributed by atoms with Crippen molar-refractivity contribution in [2.24, 2.45) is 0 Å². The first kappa shape index (κ1) is 16.9. The van der Waals surface area contributed by atoms with Gasteiger partial charge in [0.15, 0.2) is 0 Å². The zero-order valence-electron chi connectivity index (χ0n) is 11.5. The third-order valence-electron chi connectivity index (χ3n) is 3.53. The number of aliphatic hydroxyl groups excluding tert-OH is 1. The topological polar surface area (TPSA) is 32.3 Å². The maximum Gasteiger partial charge on any atom is 0.416 e. The maximum atomic E-state index is 13.0. The Kier molecular flexibility index (Phi) is 5.53. The Morgan fingerprint density at radius 1 is 1.25 bits per heavy atom. The van der Waals surface area contributed by atoms with Gasteiger partial charge in [-0.3, -0.25) is 0 Å². The summed E-state index contributed by atoms with van der Waals surface area (Å²) in [6.07, 6.45) is -3.49.